The molecule has 36 heavy (non-hydrogen) atoms. The van der Waals surface area contributed by atoms with Crippen LogP contribution in [0.1, 0.15) is 37.4 Å². The number of ether oxygens (including phenoxy) is 1. The Kier molecular flexibility index (Phi) is 7.38. The number of nitrogens with zero attached hydrogens (tertiary/aromatic N) is 4. The van der Waals surface area contributed by atoms with E-state index in [1.54, 1.807) is 24.3 Å². The predicted octanol–water partition coefficient (Wildman–Crippen LogP) is 3.46. The van der Waals surface area contributed by atoms with Gasteiger partial charge in [-0.3, -0.25) is 9.36 Å². The molecule has 0 radical (unpaired) electrons. The van der Waals surface area contributed by atoms with Crippen molar-refractivity contribution in [2.45, 2.75) is 63.0 Å². The Morgan fingerprint density at radius 1 is 1.22 bits per heavy atom. The molecule has 1 amide bonds. The lowest BCUT2D eigenvalue weighted by molar-refractivity contribution is -0.0409. The zero-order chi connectivity index (χ0) is 26.3. The van der Waals surface area contributed by atoms with E-state index in [1.807, 2.05) is 19.2 Å². The molecule has 0 aliphatic carbocycles. The van der Waals surface area contributed by atoms with Crippen LogP contribution in [0.3, 0.4) is 0 Å². The number of hydrogen-bond donors (Lipinski definition) is 3. The molecule has 0 saturated carbocycles. The highest BCUT2D eigenvalue weighted by molar-refractivity contribution is 7.39. The van der Waals surface area contributed by atoms with Gasteiger partial charge in [-0.25, -0.2) is 15.0 Å². The van der Waals surface area contributed by atoms with Crippen molar-refractivity contribution in [1.29, 1.82) is 0 Å². The maximum absolute atomic E-state index is 12.7. The van der Waals surface area contributed by atoms with E-state index in [4.69, 9.17) is 9.16 Å². The third kappa shape index (κ3) is 4.97. The molecule has 5 atom stereocenters. The summed E-state index contributed by atoms with van der Waals surface area (Å²) in [5.74, 6) is -0.162. The van der Waals surface area contributed by atoms with Gasteiger partial charge in [0.05, 0.1) is 12.9 Å². The fourth-order valence-corrected chi connectivity index (χ4v) is 6.28. The van der Waals surface area contributed by atoms with Crippen molar-refractivity contribution in [1.82, 2.24) is 19.5 Å². The molecule has 0 bridgehead atoms. The van der Waals surface area contributed by atoms with Gasteiger partial charge in [0.1, 0.15) is 18.5 Å². The summed E-state index contributed by atoms with van der Waals surface area (Å²) < 4.78 is 26.7. The van der Waals surface area contributed by atoms with E-state index in [-0.39, 0.29) is 23.4 Å². The SMILES string of the molecule is CC(C)(C)[Si](C)(C)O[C@@H]1C(CO)OC(n2cnc3c(NC(=O)c4ccccc4)ncnc32)[C@@H]1[P+](=O)O. The zero-order valence-corrected chi connectivity index (χ0v) is 22.7. The number of imidazole rings is 1. The Morgan fingerprint density at radius 3 is 2.53 bits per heavy atom. The summed E-state index contributed by atoms with van der Waals surface area (Å²) in [6, 6.07) is 8.68. The fraction of sp³-hybridized carbons (Fsp3) is 0.478. The first-order chi connectivity index (χ1) is 16.9. The molecule has 11 nitrogen and oxygen atoms in total. The second kappa shape index (κ2) is 10.0. The number of carbonyl (C=O) groups excluding carboxylic acids is 1. The van der Waals surface area contributed by atoms with Gasteiger partial charge in [-0.05, 0) is 34.8 Å². The monoisotopic (exact) mass is 532 g/mol. The number of hydrogen-bond acceptors (Lipinski definition) is 8. The van der Waals surface area contributed by atoms with E-state index >= 15 is 0 Å². The lowest BCUT2D eigenvalue weighted by atomic mass is 10.2. The molecule has 1 aromatic carbocycles. The number of aliphatic hydroxyl groups excluding tert-OH is 1. The standard InChI is InChI=1S/C23H30N5O6PSi/c1-23(2,3)36(4,5)34-17-15(11-29)33-22(18(17)35(31)32)28-13-26-16-19(24-12-25-20(16)28)27-21(30)14-9-7-6-8-10-14/h6-10,12-13,15,17-18,22,29H,11H2,1-5H3,(H-,24,25,27,30,31,32)/p+1/t15?,17-,18-,22?/m1/s1. The summed E-state index contributed by atoms with van der Waals surface area (Å²) in [5.41, 5.74) is 0.0917. The van der Waals surface area contributed by atoms with Gasteiger partial charge in [-0.15, -0.1) is 0 Å². The zero-order valence-electron chi connectivity index (χ0n) is 20.8. The van der Waals surface area contributed by atoms with Gasteiger partial charge >= 0.3 is 8.03 Å². The lowest BCUT2D eigenvalue weighted by Gasteiger charge is -2.39. The van der Waals surface area contributed by atoms with E-state index < -0.39 is 40.4 Å². The summed E-state index contributed by atoms with van der Waals surface area (Å²) in [4.78, 5) is 35.8. The molecule has 1 aliphatic heterocycles. The number of fused-ring (bicyclic) bond motifs is 1. The summed E-state index contributed by atoms with van der Waals surface area (Å²) in [5, 5.41) is 12.6. The lowest BCUT2D eigenvalue weighted by Crippen LogP contribution is -2.49. The number of anilines is 1. The average Bonchev–Trinajstić information content (AvgIpc) is 3.40. The maximum Gasteiger partial charge on any atom is 0.516 e. The van der Waals surface area contributed by atoms with Crippen LogP contribution in [0.2, 0.25) is 18.1 Å². The van der Waals surface area contributed by atoms with Crippen molar-refractivity contribution in [3.05, 3.63) is 48.5 Å². The largest absolute Gasteiger partial charge is 0.516 e. The van der Waals surface area contributed by atoms with Crippen molar-refractivity contribution < 1.29 is 28.5 Å². The first-order valence-electron chi connectivity index (χ1n) is 11.6. The third-order valence-corrected chi connectivity index (χ3v) is 12.4. The molecule has 13 heteroatoms. The minimum Gasteiger partial charge on any atom is -0.406 e. The van der Waals surface area contributed by atoms with Crippen molar-refractivity contribution in [3.63, 3.8) is 0 Å². The summed E-state index contributed by atoms with van der Waals surface area (Å²) in [6.07, 6.45) is 0.125. The Balaban J connectivity index is 1.69. The predicted molar refractivity (Wildman–Crippen MR) is 136 cm³/mol. The summed E-state index contributed by atoms with van der Waals surface area (Å²) in [6.45, 7) is 9.91. The van der Waals surface area contributed by atoms with Gasteiger partial charge < -0.3 is 19.6 Å². The van der Waals surface area contributed by atoms with Crippen LogP contribution in [0.4, 0.5) is 5.82 Å². The van der Waals surface area contributed by atoms with Crippen LogP contribution in [0.25, 0.3) is 11.2 Å². The molecule has 3 N–H and O–H groups in total. The molecule has 0 spiro atoms. The molecule has 3 aromatic rings. The number of amides is 1. The highest BCUT2D eigenvalue weighted by atomic mass is 31.1. The van der Waals surface area contributed by atoms with Gasteiger partial charge in [0.15, 0.2) is 31.5 Å². The molecule has 3 unspecified atom stereocenters. The van der Waals surface area contributed by atoms with E-state index in [1.165, 1.54) is 17.2 Å². The van der Waals surface area contributed by atoms with E-state index in [9.17, 15) is 19.4 Å². The molecule has 3 heterocycles. The fourth-order valence-electron chi connectivity index (χ4n) is 3.89. The van der Waals surface area contributed by atoms with Gasteiger partial charge in [-0.1, -0.05) is 39.0 Å². The Hall–Kier alpha value is -2.60. The normalized spacial score (nSPS) is 23.1. The summed E-state index contributed by atoms with van der Waals surface area (Å²) in [7, 11) is -5.14. The minimum atomic E-state index is -2.76. The first-order valence-corrected chi connectivity index (χ1v) is 15.8. The van der Waals surface area contributed by atoms with Crippen LogP contribution in [0.15, 0.2) is 43.0 Å². The van der Waals surface area contributed by atoms with Gasteiger partial charge in [-0.2, -0.15) is 4.89 Å². The quantitative estimate of drug-likeness (QED) is 0.307. The number of benzene rings is 1. The number of nitrogens with one attached hydrogen (secondary N) is 1. The van der Waals surface area contributed by atoms with Crippen molar-refractivity contribution >= 4 is 39.2 Å². The molecule has 2 aromatic heterocycles. The molecule has 4 rings (SSSR count). The van der Waals surface area contributed by atoms with Crippen molar-refractivity contribution in [2.24, 2.45) is 0 Å². The van der Waals surface area contributed by atoms with E-state index in [0.717, 1.165) is 0 Å². The van der Waals surface area contributed by atoms with Crippen molar-refractivity contribution in [3.8, 4) is 0 Å². The van der Waals surface area contributed by atoms with Crippen LogP contribution >= 0.6 is 8.03 Å². The van der Waals surface area contributed by atoms with Crippen LogP contribution in [-0.4, -0.2) is 68.2 Å². The topological polar surface area (TPSA) is 149 Å². The van der Waals surface area contributed by atoms with Gasteiger partial charge in [0.25, 0.3) is 11.6 Å². The van der Waals surface area contributed by atoms with Crippen LogP contribution < -0.4 is 5.32 Å². The molecule has 192 valence electrons. The second-order valence-corrected chi connectivity index (χ2v) is 16.2. The van der Waals surface area contributed by atoms with E-state index in [0.29, 0.717) is 16.7 Å². The highest BCUT2D eigenvalue weighted by Gasteiger charge is 2.59. The van der Waals surface area contributed by atoms with Crippen LogP contribution in [0.5, 0.6) is 0 Å². The number of carbonyl (C=O) groups is 1. The van der Waals surface area contributed by atoms with E-state index in [2.05, 4.69) is 41.0 Å². The van der Waals surface area contributed by atoms with Crippen LogP contribution in [0, 0.1) is 0 Å². The summed E-state index contributed by atoms with van der Waals surface area (Å²) >= 11 is 0. The van der Waals surface area contributed by atoms with Gasteiger partial charge in [0, 0.05) is 5.56 Å². The molecule has 1 saturated heterocycles. The first kappa shape index (κ1) is 26.5. The number of aromatic nitrogens is 4. The third-order valence-electron chi connectivity index (χ3n) is 6.88. The molecule has 1 aliphatic rings. The Labute approximate surface area is 210 Å². The maximum atomic E-state index is 12.7. The average molecular weight is 533 g/mol. The highest BCUT2D eigenvalue weighted by Crippen LogP contribution is 2.48. The molecule has 1 fully saturated rings. The Morgan fingerprint density at radius 2 is 1.92 bits per heavy atom. The second-order valence-electron chi connectivity index (χ2n) is 10.3. The van der Waals surface area contributed by atoms with Crippen molar-refractivity contribution in [2.75, 3.05) is 11.9 Å². The number of rotatable bonds is 7. The minimum absolute atomic E-state index is 0.155. The van der Waals surface area contributed by atoms with Crippen LogP contribution in [-0.2, 0) is 13.7 Å². The number of aliphatic hydroxyl groups is 1. The smallest absolute Gasteiger partial charge is 0.406 e. The molecular formula is C23H31N5O6PSi+. The molecular weight excluding hydrogens is 501 g/mol. The van der Waals surface area contributed by atoms with Gasteiger partial charge in [0.2, 0.25) is 0 Å². The Bertz CT molecular complexity index is 1260.